The number of amidine groups is 1. The van der Waals surface area contributed by atoms with Gasteiger partial charge in [-0.25, -0.2) is 18.1 Å². The number of rotatable bonds is 9. The fourth-order valence-corrected chi connectivity index (χ4v) is 4.76. The largest absolute Gasteiger partial charge is 0.508 e. The molecule has 0 fully saturated rings. The molecule has 5 N–H and O–H groups in total. The standard InChI is InChI=1S/C25H33N5O3S/c1-18(2)13-15-27-34(32,33)23-9-6-21(7-10-23)28-19(3)29-25(12-14-26)30-16-4-5-20-17-22(31)8-11-24(20)30/h6-12,14,17-18,27-28,31H,3-5,13,15-16,26H2,1-2H3/b14-12-,29-25?. The molecule has 8 nitrogen and oxygen atoms in total. The highest BCUT2D eigenvalue weighted by atomic mass is 32.2. The van der Waals surface area contributed by atoms with E-state index >= 15 is 0 Å². The van der Waals surface area contributed by atoms with Crippen LogP contribution in [0, 0.1) is 5.92 Å². The van der Waals surface area contributed by atoms with Gasteiger partial charge in [0, 0.05) is 24.5 Å². The van der Waals surface area contributed by atoms with Crippen molar-refractivity contribution >= 4 is 27.2 Å². The van der Waals surface area contributed by atoms with Gasteiger partial charge in [0.15, 0.2) is 0 Å². The quantitative estimate of drug-likeness (QED) is 0.317. The zero-order chi connectivity index (χ0) is 24.7. The molecule has 0 aliphatic carbocycles. The number of hydrogen-bond donors (Lipinski definition) is 4. The molecule has 0 amide bonds. The second-order valence-electron chi connectivity index (χ2n) is 8.57. The van der Waals surface area contributed by atoms with Crippen molar-refractivity contribution < 1.29 is 13.5 Å². The van der Waals surface area contributed by atoms with E-state index in [1.807, 2.05) is 24.8 Å². The molecule has 0 bridgehead atoms. The minimum atomic E-state index is -3.55. The topological polar surface area (TPSA) is 120 Å². The molecule has 0 aromatic heterocycles. The smallest absolute Gasteiger partial charge is 0.240 e. The molecule has 34 heavy (non-hydrogen) atoms. The number of aromatic hydroxyl groups is 1. The van der Waals surface area contributed by atoms with E-state index in [0.29, 0.717) is 29.8 Å². The summed E-state index contributed by atoms with van der Waals surface area (Å²) in [6.07, 6.45) is 5.69. The maximum absolute atomic E-state index is 12.4. The number of nitrogens with two attached hydrogens (primary N) is 1. The number of phenolic OH excluding ortho intramolecular Hbond substituents is 1. The van der Waals surface area contributed by atoms with Crippen LogP contribution in [0.5, 0.6) is 5.75 Å². The van der Waals surface area contributed by atoms with E-state index in [0.717, 1.165) is 37.1 Å². The number of phenols is 1. The Hall–Kier alpha value is -3.30. The molecule has 3 rings (SSSR count). The number of anilines is 2. The highest BCUT2D eigenvalue weighted by molar-refractivity contribution is 7.89. The normalized spacial score (nSPS) is 14.4. The van der Waals surface area contributed by atoms with E-state index in [1.165, 1.54) is 6.20 Å². The first kappa shape index (κ1) is 25.3. The Morgan fingerprint density at radius 2 is 2.00 bits per heavy atom. The molecule has 0 spiro atoms. The van der Waals surface area contributed by atoms with Gasteiger partial charge in [-0.05, 0) is 85.5 Å². The third-order valence-electron chi connectivity index (χ3n) is 5.42. The van der Waals surface area contributed by atoms with Crippen LogP contribution < -0.4 is 20.7 Å². The summed E-state index contributed by atoms with van der Waals surface area (Å²) in [7, 11) is -3.55. The third-order valence-corrected chi connectivity index (χ3v) is 6.90. The first-order valence-electron chi connectivity index (χ1n) is 11.3. The molecular weight excluding hydrogens is 450 g/mol. The van der Waals surface area contributed by atoms with E-state index in [-0.39, 0.29) is 10.6 Å². The number of sulfonamides is 1. The Morgan fingerprint density at radius 1 is 1.26 bits per heavy atom. The van der Waals surface area contributed by atoms with Crippen molar-refractivity contribution in [3.8, 4) is 5.75 Å². The third kappa shape index (κ3) is 6.61. The Bertz CT molecular complexity index is 1170. The summed E-state index contributed by atoms with van der Waals surface area (Å²) < 4.78 is 27.5. The van der Waals surface area contributed by atoms with Gasteiger partial charge in [-0.3, -0.25) is 0 Å². The van der Waals surface area contributed by atoms with Crippen LogP contribution in [-0.4, -0.2) is 32.4 Å². The van der Waals surface area contributed by atoms with E-state index in [9.17, 15) is 13.5 Å². The number of nitrogens with zero attached hydrogens (tertiary/aromatic N) is 2. The molecule has 9 heteroatoms. The van der Waals surface area contributed by atoms with Crippen molar-refractivity contribution in [2.75, 3.05) is 23.3 Å². The van der Waals surface area contributed by atoms with Gasteiger partial charge in [0.05, 0.1) is 4.90 Å². The van der Waals surface area contributed by atoms with E-state index in [1.54, 1.807) is 42.5 Å². The van der Waals surface area contributed by atoms with Gasteiger partial charge in [-0.15, -0.1) is 0 Å². The first-order valence-corrected chi connectivity index (χ1v) is 12.8. The number of fused-ring (bicyclic) bond motifs is 1. The van der Waals surface area contributed by atoms with Crippen LogP contribution in [0.1, 0.15) is 32.3 Å². The van der Waals surface area contributed by atoms with Gasteiger partial charge < -0.3 is 21.1 Å². The molecule has 0 saturated heterocycles. The summed E-state index contributed by atoms with van der Waals surface area (Å²) in [6.45, 7) is 9.25. The molecule has 182 valence electrons. The zero-order valence-corrected chi connectivity index (χ0v) is 20.5. The van der Waals surface area contributed by atoms with Crippen LogP contribution in [0.15, 0.2) is 77.0 Å². The van der Waals surface area contributed by atoms with Crippen LogP contribution in [0.2, 0.25) is 0 Å². The van der Waals surface area contributed by atoms with Crippen LogP contribution >= 0.6 is 0 Å². The predicted molar refractivity (Wildman–Crippen MR) is 138 cm³/mol. The molecule has 0 atom stereocenters. The maximum Gasteiger partial charge on any atom is 0.240 e. The lowest BCUT2D eigenvalue weighted by Gasteiger charge is -2.31. The predicted octanol–water partition coefficient (Wildman–Crippen LogP) is 3.92. The average molecular weight is 484 g/mol. The van der Waals surface area contributed by atoms with E-state index < -0.39 is 10.0 Å². The number of aryl methyl sites for hydroxylation is 1. The summed E-state index contributed by atoms with van der Waals surface area (Å²) in [6, 6.07) is 11.7. The van der Waals surface area contributed by atoms with E-state index in [4.69, 9.17) is 5.73 Å². The first-order chi connectivity index (χ1) is 16.2. The van der Waals surface area contributed by atoms with Crippen molar-refractivity contribution in [2.24, 2.45) is 16.6 Å². The molecular formula is C25H33N5O3S. The Kier molecular flexibility index (Phi) is 8.36. The van der Waals surface area contributed by atoms with Crippen molar-refractivity contribution in [1.82, 2.24) is 4.72 Å². The molecule has 1 aliphatic rings. The zero-order valence-electron chi connectivity index (χ0n) is 19.7. The lowest BCUT2D eigenvalue weighted by molar-refractivity contribution is 0.474. The van der Waals surface area contributed by atoms with Crippen molar-refractivity contribution in [2.45, 2.75) is 38.0 Å². The molecule has 2 aromatic rings. The Balaban J connectivity index is 1.73. The van der Waals surface area contributed by atoms with Crippen LogP contribution in [-0.2, 0) is 16.4 Å². The van der Waals surface area contributed by atoms with Crippen molar-refractivity contribution in [3.05, 3.63) is 72.7 Å². The number of benzene rings is 2. The van der Waals surface area contributed by atoms with Gasteiger partial charge in [-0.2, -0.15) is 0 Å². The molecule has 1 aliphatic heterocycles. The molecule has 0 unspecified atom stereocenters. The van der Waals surface area contributed by atoms with Crippen molar-refractivity contribution in [3.63, 3.8) is 0 Å². The Labute approximate surface area is 201 Å². The summed E-state index contributed by atoms with van der Waals surface area (Å²) >= 11 is 0. The highest BCUT2D eigenvalue weighted by Crippen LogP contribution is 2.30. The van der Waals surface area contributed by atoms with Gasteiger partial charge >= 0.3 is 0 Å². The van der Waals surface area contributed by atoms with Gasteiger partial charge in [0.1, 0.15) is 17.4 Å². The molecule has 0 radical (unpaired) electrons. The second kappa shape index (κ2) is 11.2. The van der Waals surface area contributed by atoms with Crippen LogP contribution in [0.4, 0.5) is 11.4 Å². The number of aliphatic imine (C=N–C) groups is 1. The molecule has 0 saturated carbocycles. The number of nitrogens with one attached hydrogen (secondary N) is 2. The fraction of sp³-hybridized carbons (Fsp3) is 0.320. The van der Waals surface area contributed by atoms with Gasteiger partial charge in [-0.1, -0.05) is 20.4 Å². The molecule has 2 aromatic carbocycles. The van der Waals surface area contributed by atoms with Gasteiger partial charge in [0.25, 0.3) is 0 Å². The number of hydrogen-bond acceptors (Lipinski definition) is 6. The SMILES string of the molecule is C=C(N=C(/C=C\N)N1CCCc2cc(O)ccc21)Nc1ccc(S(=O)(=O)NCCC(C)C)cc1. The fourth-order valence-electron chi connectivity index (χ4n) is 3.71. The molecule has 1 heterocycles. The summed E-state index contributed by atoms with van der Waals surface area (Å²) in [4.78, 5) is 6.85. The van der Waals surface area contributed by atoms with Crippen molar-refractivity contribution in [1.29, 1.82) is 0 Å². The maximum atomic E-state index is 12.4. The second-order valence-corrected chi connectivity index (χ2v) is 10.3. The monoisotopic (exact) mass is 483 g/mol. The minimum absolute atomic E-state index is 0.204. The van der Waals surface area contributed by atoms with Crippen LogP contribution in [0.3, 0.4) is 0 Å². The average Bonchev–Trinajstić information content (AvgIpc) is 2.78. The lowest BCUT2D eigenvalue weighted by atomic mass is 10.0. The summed E-state index contributed by atoms with van der Waals surface area (Å²) in [5, 5.41) is 12.9. The van der Waals surface area contributed by atoms with Crippen LogP contribution in [0.25, 0.3) is 0 Å². The van der Waals surface area contributed by atoms with Gasteiger partial charge in [0.2, 0.25) is 10.0 Å². The minimum Gasteiger partial charge on any atom is -0.508 e. The van der Waals surface area contributed by atoms with E-state index in [2.05, 4.69) is 21.6 Å². The summed E-state index contributed by atoms with van der Waals surface area (Å²) in [5.74, 6) is 1.65. The lowest BCUT2D eigenvalue weighted by Crippen LogP contribution is -2.34. The summed E-state index contributed by atoms with van der Waals surface area (Å²) in [5.41, 5.74) is 8.35. The Morgan fingerprint density at radius 3 is 2.68 bits per heavy atom. The highest BCUT2D eigenvalue weighted by Gasteiger charge is 2.20.